The molecule has 0 fully saturated rings. The minimum Gasteiger partial charge on any atom is -0.494 e. The Kier molecular flexibility index (Phi) is 6.44. The van der Waals surface area contributed by atoms with Crippen LogP contribution in [0.1, 0.15) is 30.5 Å². The standard InChI is InChI=1S/C21H18F6N6O/c22-20(23,24)12-9-13-11-14(10-12)34-8-3-1-2-7-28-18-31-17(32-19(29-13)33-18)15-5-4-6-16(30-15)21(25,26)27/h4-6,9-11H,1-3,7-8H2,(H2,28,29,31,32,33). The van der Waals surface area contributed by atoms with Crippen LogP contribution in [0.25, 0.3) is 11.5 Å². The highest BCUT2D eigenvalue weighted by atomic mass is 19.4. The van der Waals surface area contributed by atoms with Crippen LogP contribution in [-0.4, -0.2) is 33.1 Å². The van der Waals surface area contributed by atoms with E-state index in [1.165, 1.54) is 12.1 Å². The average Bonchev–Trinajstić information content (AvgIpc) is 2.76. The van der Waals surface area contributed by atoms with Crippen LogP contribution in [0.5, 0.6) is 5.75 Å². The average molecular weight is 484 g/mol. The van der Waals surface area contributed by atoms with Gasteiger partial charge in [0.05, 0.1) is 12.2 Å². The first-order chi connectivity index (χ1) is 16.1. The molecule has 3 aromatic rings. The number of alkyl halides is 6. The molecule has 0 atom stereocenters. The molecule has 34 heavy (non-hydrogen) atoms. The second-order valence-corrected chi connectivity index (χ2v) is 7.42. The number of anilines is 3. The SMILES string of the molecule is FC(F)(F)c1cc2cc(c1)OCCCCCNc1nc(nc(-c3cccc(C(F)(F)F)n3)n1)N2. The van der Waals surface area contributed by atoms with Gasteiger partial charge in [-0.25, -0.2) is 4.98 Å². The van der Waals surface area contributed by atoms with Gasteiger partial charge >= 0.3 is 12.4 Å². The summed E-state index contributed by atoms with van der Waals surface area (Å²) in [7, 11) is 0. The molecule has 2 aromatic heterocycles. The van der Waals surface area contributed by atoms with Crippen LogP contribution in [-0.2, 0) is 12.4 Å². The van der Waals surface area contributed by atoms with Gasteiger partial charge in [0.25, 0.3) is 0 Å². The fourth-order valence-corrected chi connectivity index (χ4v) is 3.18. The van der Waals surface area contributed by atoms with Gasteiger partial charge in [-0.05, 0) is 43.5 Å². The summed E-state index contributed by atoms with van der Waals surface area (Å²) in [4.78, 5) is 16.0. The lowest BCUT2D eigenvalue weighted by molar-refractivity contribution is -0.141. The van der Waals surface area contributed by atoms with Gasteiger partial charge in [-0.15, -0.1) is 0 Å². The minimum absolute atomic E-state index is 0.0121. The van der Waals surface area contributed by atoms with Crippen molar-refractivity contribution in [3.63, 3.8) is 0 Å². The van der Waals surface area contributed by atoms with Gasteiger partial charge in [0.2, 0.25) is 11.9 Å². The zero-order valence-corrected chi connectivity index (χ0v) is 17.5. The first-order valence-electron chi connectivity index (χ1n) is 10.2. The van der Waals surface area contributed by atoms with Crippen LogP contribution < -0.4 is 15.4 Å². The summed E-state index contributed by atoms with van der Waals surface area (Å²) in [6, 6.07) is 6.39. The number of nitrogens with one attached hydrogen (secondary N) is 2. The molecule has 0 unspecified atom stereocenters. The molecule has 0 radical (unpaired) electrons. The zero-order chi connectivity index (χ0) is 24.3. The van der Waals surface area contributed by atoms with E-state index in [-0.39, 0.29) is 41.5 Å². The largest absolute Gasteiger partial charge is 0.494 e. The van der Waals surface area contributed by atoms with Gasteiger partial charge < -0.3 is 15.4 Å². The van der Waals surface area contributed by atoms with Crippen LogP contribution in [0.4, 0.5) is 43.9 Å². The number of ether oxygens (including phenoxy) is 1. The number of hydrogen-bond donors (Lipinski definition) is 2. The van der Waals surface area contributed by atoms with Crippen molar-refractivity contribution in [3.8, 4) is 17.3 Å². The van der Waals surface area contributed by atoms with Crippen molar-refractivity contribution < 1.29 is 31.1 Å². The summed E-state index contributed by atoms with van der Waals surface area (Å²) < 4.78 is 85.0. The Morgan fingerprint density at radius 1 is 0.794 bits per heavy atom. The maximum Gasteiger partial charge on any atom is 0.433 e. The lowest BCUT2D eigenvalue weighted by Gasteiger charge is -2.15. The molecule has 4 bridgehead atoms. The van der Waals surface area contributed by atoms with Crippen LogP contribution in [0.15, 0.2) is 36.4 Å². The van der Waals surface area contributed by atoms with E-state index in [4.69, 9.17) is 4.74 Å². The molecule has 4 rings (SSSR count). The van der Waals surface area contributed by atoms with Gasteiger partial charge in [-0.1, -0.05) is 6.07 Å². The number of rotatable bonds is 1. The molecule has 180 valence electrons. The van der Waals surface area contributed by atoms with E-state index in [1.807, 2.05) is 0 Å². The fraction of sp³-hybridized carbons (Fsp3) is 0.333. The van der Waals surface area contributed by atoms with E-state index in [1.54, 1.807) is 0 Å². The second kappa shape index (κ2) is 9.31. The van der Waals surface area contributed by atoms with Crippen molar-refractivity contribution in [3.05, 3.63) is 47.7 Å². The predicted molar refractivity (Wildman–Crippen MR) is 111 cm³/mol. The number of hydrogen-bond acceptors (Lipinski definition) is 7. The van der Waals surface area contributed by atoms with E-state index < -0.39 is 23.6 Å². The molecule has 0 amide bonds. The number of fused-ring (bicyclic) bond motifs is 4. The molecule has 7 nitrogen and oxygen atoms in total. The third kappa shape index (κ3) is 5.83. The molecule has 1 aromatic carbocycles. The normalized spacial score (nSPS) is 14.9. The molecule has 0 saturated heterocycles. The Hall–Kier alpha value is -3.64. The summed E-state index contributed by atoms with van der Waals surface area (Å²) in [6.45, 7) is 0.703. The van der Waals surface area contributed by atoms with Gasteiger partial charge in [-0.2, -0.15) is 41.3 Å². The topological polar surface area (TPSA) is 84.8 Å². The van der Waals surface area contributed by atoms with Crippen LogP contribution in [0, 0.1) is 0 Å². The van der Waals surface area contributed by atoms with E-state index >= 15 is 0 Å². The van der Waals surface area contributed by atoms with Gasteiger partial charge in [0.1, 0.15) is 17.1 Å². The number of benzene rings is 1. The van der Waals surface area contributed by atoms with Gasteiger partial charge in [0.15, 0.2) is 5.82 Å². The molecule has 1 aliphatic rings. The summed E-state index contributed by atoms with van der Waals surface area (Å²) in [5, 5.41) is 5.64. The predicted octanol–water partition coefficient (Wildman–Crippen LogP) is 5.69. The molecule has 2 N–H and O–H groups in total. The highest BCUT2D eigenvalue weighted by molar-refractivity contribution is 5.61. The molecule has 13 heteroatoms. The highest BCUT2D eigenvalue weighted by Gasteiger charge is 2.33. The molecule has 1 aliphatic heterocycles. The Balaban J connectivity index is 1.77. The van der Waals surface area contributed by atoms with Crippen molar-refractivity contribution in [2.75, 3.05) is 23.8 Å². The van der Waals surface area contributed by atoms with E-state index in [0.29, 0.717) is 19.4 Å². The Bertz CT molecular complexity index is 1170. The zero-order valence-electron chi connectivity index (χ0n) is 17.5. The summed E-state index contributed by atoms with van der Waals surface area (Å²) in [5.41, 5.74) is -2.25. The Morgan fingerprint density at radius 2 is 1.59 bits per heavy atom. The van der Waals surface area contributed by atoms with Gasteiger partial charge in [0, 0.05) is 18.3 Å². The number of nitrogens with zero attached hydrogens (tertiary/aromatic N) is 4. The van der Waals surface area contributed by atoms with Crippen molar-refractivity contribution in [2.45, 2.75) is 31.6 Å². The maximum absolute atomic E-state index is 13.4. The highest BCUT2D eigenvalue weighted by Crippen LogP contribution is 2.35. The van der Waals surface area contributed by atoms with Crippen molar-refractivity contribution in [1.29, 1.82) is 0 Å². The van der Waals surface area contributed by atoms with Gasteiger partial charge in [-0.3, -0.25) is 0 Å². The van der Waals surface area contributed by atoms with Crippen LogP contribution in [0.2, 0.25) is 0 Å². The Labute approximate surface area is 189 Å². The van der Waals surface area contributed by atoms with E-state index in [9.17, 15) is 26.3 Å². The molecule has 3 heterocycles. The van der Waals surface area contributed by atoms with Crippen molar-refractivity contribution in [1.82, 2.24) is 19.9 Å². The third-order valence-electron chi connectivity index (χ3n) is 4.77. The summed E-state index contributed by atoms with van der Waals surface area (Å²) >= 11 is 0. The van der Waals surface area contributed by atoms with Crippen molar-refractivity contribution in [2.24, 2.45) is 0 Å². The second-order valence-electron chi connectivity index (χ2n) is 7.42. The molecule has 0 aliphatic carbocycles. The molecule has 0 saturated carbocycles. The fourth-order valence-electron chi connectivity index (χ4n) is 3.18. The van der Waals surface area contributed by atoms with Crippen molar-refractivity contribution >= 4 is 17.6 Å². The Morgan fingerprint density at radius 3 is 2.35 bits per heavy atom. The first-order valence-corrected chi connectivity index (χ1v) is 10.2. The quantitative estimate of drug-likeness (QED) is 0.430. The lowest BCUT2D eigenvalue weighted by Crippen LogP contribution is -2.12. The number of aromatic nitrogens is 4. The number of pyridine rings is 1. The van der Waals surface area contributed by atoms with Crippen LogP contribution >= 0.6 is 0 Å². The maximum atomic E-state index is 13.4. The summed E-state index contributed by atoms with van der Waals surface area (Å²) in [5.74, 6) is -0.288. The first kappa shape index (κ1) is 23.5. The third-order valence-corrected chi connectivity index (χ3v) is 4.77. The summed E-state index contributed by atoms with van der Waals surface area (Å²) in [6.07, 6.45) is -7.28. The van der Waals surface area contributed by atoms with Crippen LogP contribution in [0.3, 0.4) is 0 Å². The monoisotopic (exact) mass is 484 g/mol. The molecular weight excluding hydrogens is 466 g/mol. The molecular formula is C21H18F6N6O. The minimum atomic E-state index is -4.67. The number of halogens is 6. The van der Waals surface area contributed by atoms with E-state index in [2.05, 4.69) is 30.6 Å². The molecule has 0 spiro atoms. The smallest absolute Gasteiger partial charge is 0.433 e. The van der Waals surface area contributed by atoms with E-state index in [0.717, 1.165) is 30.7 Å². The lowest BCUT2D eigenvalue weighted by atomic mass is 10.1.